The third-order valence-corrected chi connectivity index (χ3v) is 7.60. The minimum absolute atomic E-state index is 0. The number of hydrogen-bond acceptors (Lipinski definition) is 6. The van der Waals surface area contributed by atoms with Gasteiger partial charge < -0.3 is 26.2 Å². The lowest BCUT2D eigenvalue weighted by atomic mass is 9.83. The first kappa shape index (κ1) is 23.6. The number of anilines is 1. The fraction of sp³-hybridized carbons (Fsp3) is 0.346. The second kappa shape index (κ2) is 9.47. The number of carbonyl (C=O) groups excluding carboxylic acids is 2. The Labute approximate surface area is 214 Å². The average Bonchev–Trinajstić information content (AvgIpc) is 3.19. The topological polar surface area (TPSA) is 94.1 Å². The summed E-state index contributed by atoms with van der Waals surface area (Å²) in [7, 11) is 0. The first-order valence-electron chi connectivity index (χ1n) is 11.8. The Morgan fingerprint density at radius 2 is 1.54 bits per heavy atom. The largest absolute Gasteiger partial charge is 1.00 e. The molecular weight excluding hydrogens is 510 g/mol. The van der Waals surface area contributed by atoms with Crippen molar-refractivity contribution >= 4 is 17.8 Å². The smallest absolute Gasteiger partial charge is 0.318 e. The summed E-state index contributed by atoms with van der Waals surface area (Å²) in [5.41, 5.74) is 4.23. The number of fused-ring (bicyclic) bond motifs is 6. The fourth-order valence-corrected chi connectivity index (χ4v) is 5.98. The highest BCUT2D eigenvalue weighted by Gasteiger charge is 2.49. The van der Waals surface area contributed by atoms with Crippen LogP contribution in [-0.2, 0) is 14.3 Å². The molecule has 0 radical (unpaired) electrons. The maximum atomic E-state index is 13.6. The highest BCUT2D eigenvalue weighted by Crippen LogP contribution is 2.46. The Morgan fingerprint density at radius 3 is 2.17 bits per heavy atom. The SMILES string of the molecule is O=C(C[N+]12CCC(CC1)C(OC(=O)C1c3ccccc3-c3ccccc31)C2)Nc1ncncn1.[Br-]. The molecule has 1 unspecified atom stereocenters. The summed E-state index contributed by atoms with van der Waals surface area (Å²) >= 11 is 0. The van der Waals surface area contributed by atoms with Crippen LogP contribution >= 0.6 is 0 Å². The molecule has 0 saturated carbocycles. The van der Waals surface area contributed by atoms with Crippen molar-refractivity contribution in [3.63, 3.8) is 0 Å². The molecule has 4 heterocycles. The standard InChI is InChI=1S/C26H25N5O3.BrH/c32-23(30-26-28-15-27-16-29-26)14-31-11-9-17(10-12-31)22(13-31)34-25(33)24-20-7-3-1-5-18(20)19-6-2-4-8-21(19)24;/h1-8,15-17,22,24H,9-14H2;1H. The zero-order valence-electron chi connectivity index (χ0n) is 19.1. The van der Waals surface area contributed by atoms with Crippen LogP contribution in [0.5, 0.6) is 0 Å². The van der Waals surface area contributed by atoms with Gasteiger partial charge in [-0.1, -0.05) is 48.5 Å². The van der Waals surface area contributed by atoms with Crippen LogP contribution in [0.1, 0.15) is 29.9 Å². The van der Waals surface area contributed by atoms with Gasteiger partial charge >= 0.3 is 5.97 Å². The third-order valence-electron chi connectivity index (χ3n) is 7.60. The number of nitrogens with zero attached hydrogens (tertiary/aromatic N) is 4. The Bertz CT molecular complexity index is 1200. The molecule has 1 atom stereocenters. The lowest BCUT2D eigenvalue weighted by Crippen LogP contribution is -3.00. The number of carbonyl (C=O) groups is 2. The molecule has 7 rings (SSSR count). The van der Waals surface area contributed by atoms with Crippen LogP contribution < -0.4 is 22.3 Å². The zero-order valence-corrected chi connectivity index (χ0v) is 20.7. The number of hydrogen-bond donors (Lipinski definition) is 1. The molecule has 0 spiro atoms. The van der Waals surface area contributed by atoms with Crippen LogP contribution in [0.3, 0.4) is 0 Å². The fourth-order valence-electron chi connectivity index (χ4n) is 5.98. The molecular formula is C26H26BrN5O3. The third kappa shape index (κ3) is 4.34. The van der Waals surface area contributed by atoms with Gasteiger partial charge in [0.05, 0.1) is 13.1 Å². The van der Waals surface area contributed by atoms with Gasteiger partial charge in [-0.2, -0.15) is 0 Å². The number of amides is 1. The quantitative estimate of drug-likeness (QED) is 0.358. The van der Waals surface area contributed by atoms with E-state index in [1.165, 1.54) is 12.7 Å². The molecule has 2 bridgehead atoms. The number of halogens is 1. The molecule has 35 heavy (non-hydrogen) atoms. The highest BCUT2D eigenvalue weighted by molar-refractivity contribution is 5.93. The van der Waals surface area contributed by atoms with E-state index < -0.39 is 5.92 Å². The van der Waals surface area contributed by atoms with Crippen molar-refractivity contribution in [1.29, 1.82) is 0 Å². The minimum atomic E-state index is -0.400. The summed E-state index contributed by atoms with van der Waals surface area (Å²) in [6.07, 6.45) is 4.44. The molecule has 4 aliphatic rings. The van der Waals surface area contributed by atoms with E-state index in [0.29, 0.717) is 23.5 Å². The molecule has 1 aliphatic carbocycles. The lowest BCUT2D eigenvalue weighted by Gasteiger charge is -2.51. The van der Waals surface area contributed by atoms with Gasteiger partial charge in [-0.15, -0.1) is 0 Å². The number of aromatic nitrogens is 3. The predicted octanol–water partition coefficient (Wildman–Crippen LogP) is -0.221. The average molecular weight is 536 g/mol. The van der Waals surface area contributed by atoms with Gasteiger partial charge in [-0.05, 0) is 22.3 Å². The second-order valence-corrected chi connectivity index (χ2v) is 9.56. The minimum Gasteiger partial charge on any atom is -1.00 e. The number of ether oxygens (including phenoxy) is 1. The van der Waals surface area contributed by atoms with Crippen LogP contribution in [0.25, 0.3) is 11.1 Å². The Morgan fingerprint density at radius 1 is 0.943 bits per heavy atom. The zero-order chi connectivity index (χ0) is 23.1. The maximum absolute atomic E-state index is 13.6. The Balaban J connectivity index is 0.00000253. The van der Waals surface area contributed by atoms with E-state index in [1.807, 2.05) is 36.4 Å². The number of rotatable bonds is 5. The van der Waals surface area contributed by atoms with Gasteiger partial charge in [0.25, 0.3) is 5.91 Å². The molecule has 1 aromatic heterocycles. The van der Waals surface area contributed by atoms with Gasteiger partial charge in [0, 0.05) is 18.8 Å². The van der Waals surface area contributed by atoms with E-state index in [2.05, 4.69) is 32.4 Å². The lowest BCUT2D eigenvalue weighted by molar-refractivity contribution is -0.938. The summed E-state index contributed by atoms with van der Waals surface area (Å²) in [6, 6.07) is 16.2. The Kier molecular flexibility index (Phi) is 6.37. The van der Waals surface area contributed by atoms with E-state index in [4.69, 9.17) is 4.74 Å². The van der Waals surface area contributed by atoms with Crippen molar-refractivity contribution in [1.82, 2.24) is 15.0 Å². The van der Waals surface area contributed by atoms with Crippen molar-refractivity contribution in [3.05, 3.63) is 72.3 Å². The molecule has 9 heteroatoms. The van der Waals surface area contributed by atoms with Crippen molar-refractivity contribution in [2.75, 3.05) is 31.5 Å². The Hall–Kier alpha value is -3.17. The number of nitrogens with one attached hydrogen (secondary N) is 1. The molecule has 2 aromatic carbocycles. The first-order chi connectivity index (χ1) is 16.6. The number of quaternary nitrogens is 1. The van der Waals surface area contributed by atoms with Crippen molar-refractivity contribution < 1.29 is 35.8 Å². The summed E-state index contributed by atoms with van der Waals surface area (Å²) < 4.78 is 6.86. The molecule has 1 N–H and O–H groups in total. The molecule has 8 nitrogen and oxygen atoms in total. The van der Waals surface area contributed by atoms with Crippen LogP contribution in [0, 0.1) is 5.92 Å². The molecule has 3 saturated heterocycles. The van der Waals surface area contributed by atoms with E-state index in [9.17, 15) is 9.59 Å². The van der Waals surface area contributed by atoms with E-state index in [-0.39, 0.29) is 40.9 Å². The van der Waals surface area contributed by atoms with Gasteiger partial charge in [0.15, 0.2) is 12.6 Å². The van der Waals surface area contributed by atoms with Crippen molar-refractivity contribution in [2.24, 2.45) is 5.92 Å². The van der Waals surface area contributed by atoms with Gasteiger partial charge in [0.2, 0.25) is 5.95 Å². The summed E-state index contributed by atoms with van der Waals surface area (Å²) in [6.45, 7) is 2.81. The van der Waals surface area contributed by atoms with Gasteiger partial charge in [-0.25, -0.2) is 15.0 Å². The summed E-state index contributed by atoms with van der Waals surface area (Å²) in [5.74, 6) is -0.114. The number of esters is 1. The van der Waals surface area contributed by atoms with Crippen LogP contribution in [0.4, 0.5) is 5.95 Å². The van der Waals surface area contributed by atoms with E-state index in [1.54, 1.807) is 0 Å². The number of benzene rings is 2. The van der Waals surface area contributed by atoms with E-state index >= 15 is 0 Å². The molecule has 3 aromatic rings. The van der Waals surface area contributed by atoms with Gasteiger partial charge in [0.1, 0.15) is 25.1 Å². The van der Waals surface area contributed by atoms with Crippen molar-refractivity contribution in [3.8, 4) is 11.1 Å². The normalized spacial score (nSPS) is 24.1. The van der Waals surface area contributed by atoms with Crippen molar-refractivity contribution in [2.45, 2.75) is 24.9 Å². The van der Waals surface area contributed by atoms with Gasteiger partial charge in [-0.3, -0.25) is 14.9 Å². The van der Waals surface area contributed by atoms with E-state index in [0.717, 1.165) is 48.2 Å². The molecule has 3 fully saturated rings. The highest BCUT2D eigenvalue weighted by atomic mass is 79.9. The second-order valence-electron chi connectivity index (χ2n) is 9.56. The molecule has 1 amide bonds. The maximum Gasteiger partial charge on any atom is 0.318 e. The predicted molar refractivity (Wildman–Crippen MR) is 125 cm³/mol. The van der Waals surface area contributed by atoms with Crippen LogP contribution in [0.15, 0.2) is 61.2 Å². The summed E-state index contributed by atoms with van der Waals surface area (Å²) in [5, 5.41) is 2.76. The first-order valence-corrected chi connectivity index (χ1v) is 11.8. The summed E-state index contributed by atoms with van der Waals surface area (Å²) in [4.78, 5) is 38.0. The van der Waals surface area contributed by atoms with Crippen LogP contribution in [0.2, 0.25) is 0 Å². The molecule has 3 aliphatic heterocycles. The molecule has 180 valence electrons. The number of piperidine rings is 3. The van der Waals surface area contributed by atoms with Crippen LogP contribution in [-0.4, -0.2) is 63.6 Å². The monoisotopic (exact) mass is 535 g/mol.